The number of hydrogen-bond donors (Lipinski definition) is 3. The normalized spacial score (nSPS) is 11.5. The fourth-order valence-corrected chi connectivity index (χ4v) is 2.52. The molecule has 0 saturated heterocycles. The molecule has 3 aromatic rings. The number of amides is 1. The van der Waals surface area contributed by atoms with Crippen LogP contribution in [0.15, 0.2) is 36.8 Å². The first-order chi connectivity index (χ1) is 12.3. The van der Waals surface area contributed by atoms with E-state index in [0.717, 1.165) is 22.9 Å². The molecule has 0 aliphatic heterocycles. The first-order valence-corrected chi connectivity index (χ1v) is 7.80. The standard InChI is InChI=1S/C17H16F3N5O/c1-10-12(6-11-2-3-14(21-7-11)17(18,19)20)8-22-15(10)16(26)23-9-13-4-5-24-25-13/h2-5,7-8,22H,6,9H2,1H3,(H,23,26)(H,24,25). The highest BCUT2D eigenvalue weighted by Gasteiger charge is 2.32. The lowest BCUT2D eigenvalue weighted by molar-refractivity contribution is -0.141. The molecule has 9 heteroatoms. The summed E-state index contributed by atoms with van der Waals surface area (Å²) in [4.78, 5) is 18.6. The van der Waals surface area contributed by atoms with Crippen LogP contribution in [0.25, 0.3) is 0 Å². The maximum Gasteiger partial charge on any atom is 0.433 e. The van der Waals surface area contributed by atoms with Gasteiger partial charge in [0.25, 0.3) is 5.91 Å². The lowest BCUT2D eigenvalue weighted by Crippen LogP contribution is -2.24. The summed E-state index contributed by atoms with van der Waals surface area (Å²) in [6.07, 6.45) is 0.396. The van der Waals surface area contributed by atoms with E-state index >= 15 is 0 Å². The zero-order chi connectivity index (χ0) is 18.7. The van der Waals surface area contributed by atoms with Crippen molar-refractivity contribution < 1.29 is 18.0 Å². The van der Waals surface area contributed by atoms with Crippen LogP contribution >= 0.6 is 0 Å². The predicted molar refractivity (Wildman–Crippen MR) is 87.3 cm³/mol. The molecule has 136 valence electrons. The molecule has 0 radical (unpaired) electrons. The Bertz CT molecular complexity index is 882. The number of carbonyl (C=O) groups excluding carboxylic acids is 1. The Morgan fingerprint density at radius 1 is 1.27 bits per heavy atom. The number of H-pyrrole nitrogens is 2. The number of rotatable bonds is 5. The second-order valence-electron chi connectivity index (χ2n) is 5.80. The van der Waals surface area contributed by atoms with E-state index in [0.29, 0.717) is 24.2 Å². The second kappa shape index (κ2) is 7.03. The topological polar surface area (TPSA) is 86.5 Å². The summed E-state index contributed by atoms with van der Waals surface area (Å²) in [6.45, 7) is 2.10. The third-order valence-corrected chi connectivity index (χ3v) is 3.98. The van der Waals surface area contributed by atoms with Gasteiger partial charge < -0.3 is 10.3 Å². The highest BCUT2D eigenvalue weighted by molar-refractivity contribution is 5.94. The van der Waals surface area contributed by atoms with Crippen LogP contribution in [0.1, 0.15) is 38.6 Å². The Hall–Kier alpha value is -3.10. The van der Waals surface area contributed by atoms with Gasteiger partial charge in [-0.2, -0.15) is 18.3 Å². The van der Waals surface area contributed by atoms with E-state index in [1.54, 1.807) is 25.4 Å². The smallest absolute Gasteiger partial charge is 0.357 e. The van der Waals surface area contributed by atoms with Crippen LogP contribution in [-0.2, 0) is 19.1 Å². The first-order valence-electron chi connectivity index (χ1n) is 7.80. The van der Waals surface area contributed by atoms with Crippen molar-refractivity contribution in [1.29, 1.82) is 0 Å². The van der Waals surface area contributed by atoms with E-state index in [9.17, 15) is 18.0 Å². The molecule has 3 N–H and O–H groups in total. The highest BCUT2D eigenvalue weighted by Crippen LogP contribution is 2.27. The summed E-state index contributed by atoms with van der Waals surface area (Å²) in [5.74, 6) is -0.270. The van der Waals surface area contributed by atoms with E-state index in [4.69, 9.17) is 0 Å². The van der Waals surface area contributed by atoms with Crippen molar-refractivity contribution in [2.45, 2.75) is 26.1 Å². The molecule has 0 fully saturated rings. The molecule has 0 bridgehead atoms. The van der Waals surface area contributed by atoms with Gasteiger partial charge in [0.05, 0.1) is 12.2 Å². The molecular formula is C17H16F3N5O. The van der Waals surface area contributed by atoms with Crippen molar-refractivity contribution in [2.75, 3.05) is 0 Å². The van der Waals surface area contributed by atoms with Gasteiger partial charge in [0.15, 0.2) is 0 Å². The van der Waals surface area contributed by atoms with E-state index in [1.807, 2.05) is 0 Å². The summed E-state index contributed by atoms with van der Waals surface area (Å²) in [6, 6.07) is 4.10. The fraction of sp³-hybridized carbons (Fsp3) is 0.235. The molecule has 3 aromatic heterocycles. The van der Waals surface area contributed by atoms with Crippen LogP contribution in [0.2, 0.25) is 0 Å². The van der Waals surface area contributed by atoms with Crippen LogP contribution in [0.5, 0.6) is 0 Å². The first kappa shape index (κ1) is 17.7. The summed E-state index contributed by atoms with van der Waals surface area (Å²) < 4.78 is 37.7. The Kier molecular flexibility index (Phi) is 4.79. The quantitative estimate of drug-likeness (QED) is 0.651. The van der Waals surface area contributed by atoms with Crippen LogP contribution < -0.4 is 5.32 Å². The minimum atomic E-state index is -4.46. The van der Waals surface area contributed by atoms with Gasteiger partial charge in [-0.05, 0) is 35.7 Å². The van der Waals surface area contributed by atoms with Gasteiger partial charge >= 0.3 is 6.18 Å². The molecule has 0 aliphatic carbocycles. The fourth-order valence-electron chi connectivity index (χ4n) is 2.52. The van der Waals surface area contributed by atoms with E-state index in [-0.39, 0.29) is 5.91 Å². The number of alkyl halides is 3. The van der Waals surface area contributed by atoms with Crippen molar-refractivity contribution >= 4 is 5.91 Å². The molecule has 6 nitrogen and oxygen atoms in total. The van der Waals surface area contributed by atoms with E-state index < -0.39 is 11.9 Å². The van der Waals surface area contributed by atoms with Crippen molar-refractivity contribution in [3.63, 3.8) is 0 Å². The molecule has 0 aliphatic rings. The Labute approximate surface area is 146 Å². The summed E-state index contributed by atoms with van der Waals surface area (Å²) in [7, 11) is 0. The zero-order valence-corrected chi connectivity index (χ0v) is 13.8. The van der Waals surface area contributed by atoms with Gasteiger partial charge in [0.1, 0.15) is 11.4 Å². The predicted octanol–water partition coefficient (Wildman–Crippen LogP) is 2.98. The van der Waals surface area contributed by atoms with Gasteiger partial charge in [-0.15, -0.1) is 0 Å². The maximum absolute atomic E-state index is 12.6. The molecule has 0 spiro atoms. The molecule has 0 atom stereocenters. The van der Waals surface area contributed by atoms with Gasteiger partial charge in [-0.25, -0.2) is 0 Å². The van der Waals surface area contributed by atoms with E-state index in [1.165, 1.54) is 12.3 Å². The Morgan fingerprint density at radius 2 is 2.08 bits per heavy atom. The third-order valence-electron chi connectivity index (χ3n) is 3.98. The van der Waals surface area contributed by atoms with Gasteiger partial charge in [-0.1, -0.05) is 6.07 Å². The summed E-state index contributed by atoms with van der Waals surface area (Å²) >= 11 is 0. The highest BCUT2D eigenvalue weighted by atomic mass is 19.4. The maximum atomic E-state index is 12.6. The largest absolute Gasteiger partial charge is 0.433 e. The number of aromatic amines is 2. The molecule has 3 rings (SSSR count). The SMILES string of the molecule is Cc1c(Cc2ccc(C(F)(F)F)nc2)c[nH]c1C(=O)NCc1ccn[nH]1. The van der Waals surface area contributed by atoms with Gasteiger partial charge in [0.2, 0.25) is 0 Å². The number of nitrogens with zero attached hydrogens (tertiary/aromatic N) is 2. The molecule has 1 amide bonds. The van der Waals surface area contributed by atoms with Crippen LogP contribution in [0.3, 0.4) is 0 Å². The lowest BCUT2D eigenvalue weighted by Gasteiger charge is -2.07. The number of pyridine rings is 1. The minimum Gasteiger partial charge on any atom is -0.357 e. The van der Waals surface area contributed by atoms with Gasteiger partial charge in [-0.3, -0.25) is 14.9 Å². The number of hydrogen-bond acceptors (Lipinski definition) is 3. The number of carbonyl (C=O) groups is 1. The number of halogens is 3. The Balaban J connectivity index is 1.67. The van der Waals surface area contributed by atoms with Gasteiger partial charge in [0, 0.05) is 25.0 Å². The summed E-state index contributed by atoms with van der Waals surface area (Å²) in [5.41, 5.74) is 2.46. The molecule has 3 heterocycles. The average Bonchev–Trinajstić information content (AvgIpc) is 3.23. The molecule has 26 heavy (non-hydrogen) atoms. The monoisotopic (exact) mass is 363 g/mol. The Morgan fingerprint density at radius 3 is 2.69 bits per heavy atom. The molecule has 0 aromatic carbocycles. The minimum absolute atomic E-state index is 0.270. The van der Waals surface area contributed by atoms with E-state index in [2.05, 4.69) is 25.5 Å². The summed E-state index contributed by atoms with van der Waals surface area (Å²) in [5, 5.41) is 9.32. The van der Waals surface area contributed by atoms with Crippen LogP contribution in [0, 0.1) is 6.92 Å². The number of aromatic nitrogens is 4. The van der Waals surface area contributed by atoms with Crippen LogP contribution in [0.4, 0.5) is 13.2 Å². The average molecular weight is 363 g/mol. The van der Waals surface area contributed by atoms with Crippen molar-refractivity contribution in [3.8, 4) is 0 Å². The molecular weight excluding hydrogens is 347 g/mol. The van der Waals surface area contributed by atoms with Crippen molar-refractivity contribution in [3.05, 3.63) is 70.6 Å². The van der Waals surface area contributed by atoms with Crippen molar-refractivity contribution in [2.24, 2.45) is 0 Å². The zero-order valence-electron chi connectivity index (χ0n) is 13.8. The molecule has 0 unspecified atom stereocenters. The number of nitrogens with one attached hydrogen (secondary N) is 3. The molecule has 0 saturated carbocycles. The van der Waals surface area contributed by atoms with Crippen molar-refractivity contribution in [1.82, 2.24) is 25.5 Å². The third kappa shape index (κ3) is 3.93. The second-order valence-corrected chi connectivity index (χ2v) is 5.80. The lowest BCUT2D eigenvalue weighted by atomic mass is 10.0. The van der Waals surface area contributed by atoms with Crippen LogP contribution in [-0.4, -0.2) is 26.1 Å².